The Morgan fingerprint density at radius 1 is 0.900 bits per heavy atom. The van der Waals surface area contributed by atoms with Crippen molar-refractivity contribution in [1.29, 1.82) is 0 Å². The number of aromatic hydroxyl groups is 3. The van der Waals surface area contributed by atoms with Crippen LogP contribution in [0.2, 0.25) is 0 Å². The van der Waals surface area contributed by atoms with Gasteiger partial charge in [-0.25, -0.2) is 0 Å². The first-order chi connectivity index (χ1) is 9.58. The molecule has 0 saturated carbocycles. The average molecular weight is 270 g/mol. The van der Waals surface area contributed by atoms with Crippen molar-refractivity contribution in [3.8, 4) is 28.6 Å². The first-order valence-corrected chi connectivity index (χ1v) is 5.82. The van der Waals surface area contributed by atoms with Crippen molar-refractivity contribution in [3.63, 3.8) is 0 Å². The van der Waals surface area contributed by atoms with Gasteiger partial charge in [0, 0.05) is 23.1 Å². The lowest BCUT2D eigenvalue weighted by Crippen LogP contribution is -1.82. The predicted octanol–water partition coefficient (Wildman–Crippen LogP) is 3.03. The summed E-state index contributed by atoms with van der Waals surface area (Å²) < 4.78 is 5.55. The maximum absolute atomic E-state index is 11.3. The number of carbonyl (C=O) groups excluding carboxylic acids is 1. The lowest BCUT2D eigenvalue weighted by atomic mass is 10.1. The molecule has 5 heteroatoms. The standard InChI is InChI=1S/C15H10O5/c16-7-13-12-2-1-9(17)6-14(12)20-15(13)8-3-10(18)5-11(19)4-8/h1-7,17-19H. The number of rotatable bonds is 2. The smallest absolute Gasteiger partial charge is 0.154 e. The second-order valence-electron chi connectivity index (χ2n) is 4.38. The largest absolute Gasteiger partial charge is 0.508 e. The molecular formula is C15H10O5. The van der Waals surface area contributed by atoms with Gasteiger partial charge in [-0.1, -0.05) is 0 Å². The molecule has 1 heterocycles. The zero-order valence-electron chi connectivity index (χ0n) is 10.2. The van der Waals surface area contributed by atoms with E-state index in [1.807, 2.05) is 0 Å². The molecule has 3 rings (SSSR count). The molecule has 1 aromatic heterocycles. The molecule has 0 amide bonds. The maximum atomic E-state index is 11.3. The highest BCUT2D eigenvalue weighted by molar-refractivity contribution is 6.03. The molecule has 0 atom stereocenters. The van der Waals surface area contributed by atoms with Crippen LogP contribution in [-0.2, 0) is 0 Å². The van der Waals surface area contributed by atoms with Crippen molar-refractivity contribution in [3.05, 3.63) is 42.0 Å². The van der Waals surface area contributed by atoms with Gasteiger partial charge in [-0.15, -0.1) is 0 Å². The van der Waals surface area contributed by atoms with E-state index < -0.39 is 0 Å². The van der Waals surface area contributed by atoms with Crippen LogP contribution in [0.1, 0.15) is 10.4 Å². The Hall–Kier alpha value is -2.95. The van der Waals surface area contributed by atoms with Gasteiger partial charge in [0.1, 0.15) is 28.6 Å². The van der Waals surface area contributed by atoms with E-state index in [9.17, 15) is 20.1 Å². The van der Waals surface area contributed by atoms with Crippen LogP contribution in [0, 0.1) is 0 Å². The molecule has 2 aromatic carbocycles. The van der Waals surface area contributed by atoms with E-state index in [0.29, 0.717) is 28.4 Å². The Kier molecular flexibility index (Phi) is 2.61. The van der Waals surface area contributed by atoms with Crippen molar-refractivity contribution in [1.82, 2.24) is 0 Å². The van der Waals surface area contributed by atoms with Gasteiger partial charge in [0.15, 0.2) is 6.29 Å². The lowest BCUT2D eigenvalue weighted by molar-refractivity contribution is 0.112. The molecular weight excluding hydrogens is 260 g/mol. The van der Waals surface area contributed by atoms with Crippen LogP contribution in [0.3, 0.4) is 0 Å². The van der Waals surface area contributed by atoms with Gasteiger partial charge in [-0.05, 0) is 24.3 Å². The molecule has 0 aliphatic heterocycles. The molecule has 100 valence electrons. The minimum absolute atomic E-state index is 0.0222. The van der Waals surface area contributed by atoms with E-state index in [4.69, 9.17) is 4.42 Å². The van der Waals surface area contributed by atoms with Crippen LogP contribution >= 0.6 is 0 Å². The van der Waals surface area contributed by atoms with Crippen LogP contribution in [0.25, 0.3) is 22.3 Å². The van der Waals surface area contributed by atoms with Crippen molar-refractivity contribution >= 4 is 17.3 Å². The highest BCUT2D eigenvalue weighted by Gasteiger charge is 2.17. The summed E-state index contributed by atoms with van der Waals surface area (Å²) in [6.45, 7) is 0. The van der Waals surface area contributed by atoms with Crippen LogP contribution < -0.4 is 0 Å². The number of fused-ring (bicyclic) bond motifs is 1. The zero-order chi connectivity index (χ0) is 14.3. The summed E-state index contributed by atoms with van der Waals surface area (Å²) in [5, 5.41) is 29.0. The number of benzene rings is 2. The summed E-state index contributed by atoms with van der Waals surface area (Å²) >= 11 is 0. The van der Waals surface area contributed by atoms with Gasteiger partial charge in [0.05, 0.1) is 5.56 Å². The number of phenolic OH excluding ortho intramolecular Hbond substituents is 3. The molecule has 0 unspecified atom stereocenters. The fourth-order valence-corrected chi connectivity index (χ4v) is 2.16. The molecule has 3 N–H and O–H groups in total. The van der Waals surface area contributed by atoms with Crippen LogP contribution in [0.15, 0.2) is 40.8 Å². The second-order valence-corrected chi connectivity index (χ2v) is 4.38. The molecule has 5 nitrogen and oxygen atoms in total. The molecule has 0 fully saturated rings. The summed E-state index contributed by atoms with van der Waals surface area (Å²) in [4.78, 5) is 11.3. The summed E-state index contributed by atoms with van der Waals surface area (Å²) in [6, 6.07) is 8.36. The number of hydrogen-bond donors (Lipinski definition) is 3. The topological polar surface area (TPSA) is 90.9 Å². The molecule has 0 spiro atoms. The number of aldehydes is 1. The molecule has 0 aliphatic rings. The Balaban J connectivity index is 2.32. The molecule has 20 heavy (non-hydrogen) atoms. The van der Waals surface area contributed by atoms with E-state index in [1.54, 1.807) is 6.07 Å². The number of hydrogen-bond acceptors (Lipinski definition) is 5. The average Bonchev–Trinajstić information content (AvgIpc) is 2.75. The van der Waals surface area contributed by atoms with Gasteiger partial charge < -0.3 is 19.7 Å². The Bertz CT molecular complexity index is 796. The maximum Gasteiger partial charge on any atom is 0.154 e. The SMILES string of the molecule is O=Cc1c(-c2cc(O)cc(O)c2)oc2cc(O)ccc12. The lowest BCUT2D eigenvalue weighted by Gasteiger charge is -2.01. The fraction of sp³-hybridized carbons (Fsp3) is 0. The summed E-state index contributed by atoms with van der Waals surface area (Å²) in [7, 11) is 0. The summed E-state index contributed by atoms with van der Waals surface area (Å²) in [6.07, 6.45) is 0.638. The Morgan fingerprint density at radius 3 is 2.25 bits per heavy atom. The second kappa shape index (κ2) is 4.31. The van der Waals surface area contributed by atoms with Gasteiger partial charge in [0.2, 0.25) is 0 Å². The third kappa shape index (κ3) is 1.85. The molecule has 0 saturated heterocycles. The van der Waals surface area contributed by atoms with Gasteiger partial charge >= 0.3 is 0 Å². The number of furan rings is 1. The third-order valence-electron chi connectivity index (χ3n) is 2.99. The van der Waals surface area contributed by atoms with E-state index >= 15 is 0 Å². The van der Waals surface area contributed by atoms with E-state index in [-0.39, 0.29) is 23.0 Å². The van der Waals surface area contributed by atoms with Crippen LogP contribution in [0.5, 0.6) is 17.2 Å². The van der Waals surface area contributed by atoms with E-state index in [0.717, 1.165) is 0 Å². The van der Waals surface area contributed by atoms with Crippen molar-refractivity contribution in [2.45, 2.75) is 0 Å². The van der Waals surface area contributed by atoms with Gasteiger partial charge in [-0.3, -0.25) is 4.79 Å². The highest BCUT2D eigenvalue weighted by atomic mass is 16.3. The predicted molar refractivity (Wildman–Crippen MR) is 72.0 cm³/mol. The quantitative estimate of drug-likeness (QED) is 0.622. The first-order valence-electron chi connectivity index (χ1n) is 5.82. The Labute approximate surface area is 113 Å². The third-order valence-corrected chi connectivity index (χ3v) is 2.99. The first kappa shape index (κ1) is 12.1. The normalized spacial score (nSPS) is 10.8. The summed E-state index contributed by atoms with van der Waals surface area (Å²) in [5.74, 6) is -0.0268. The number of phenols is 3. The van der Waals surface area contributed by atoms with E-state index in [1.165, 1.54) is 30.3 Å². The minimum Gasteiger partial charge on any atom is -0.508 e. The fourth-order valence-electron chi connectivity index (χ4n) is 2.16. The van der Waals surface area contributed by atoms with Crippen molar-refractivity contribution < 1.29 is 24.5 Å². The molecule has 0 aliphatic carbocycles. The van der Waals surface area contributed by atoms with Crippen molar-refractivity contribution in [2.24, 2.45) is 0 Å². The minimum atomic E-state index is -0.139. The number of carbonyl (C=O) groups is 1. The van der Waals surface area contributed by atoms with Crippen LogP contribution in [0.4, 0.5) is 0 Å². The van der Waals surface area contributed by atoms with E-state index in [2.05, 4.69) is 0 Å². The van der Waals surface area contributed by atoms with Crippen LogP contribution in [-0.4, -0.2) is 21.6 Å². The monoisotopic (exact) mass is 270 g/mol. The summed E-state index contributed by atoms with van der Waals surface area (Å²) in [5.41, 5.74) is 1.02. The zero-order valence-corrected chi connectivity index (χ0v) is 10.2. The Morgan fingerprint density at radius 2 is 1.60 bits per heavy atom. The van der Waals surface area contributed by atoms with Gasteiger partial charge in [-0.2, -0.15) is 0 Å². The highest BCUT2D eigenvalue weighted by Crippen LogP contribution is 2.36. The van der Waals surface area contributed by atoms with Crippen molar-refractivity contribution in [2.75, 3.05) is 0 Å². The molecule has 0 bridgehead atoms. The molecule has 0 radical (unpaired) electrons. The van der Waals surface area contributed by atoms with Gasteiger partial charge in [0.25, 0.3) is 0 Å². The molecule has 3 aromatic rings.